The number of fused-ring (bicyclic) bond motifs is 1. The molecule has 10 N–H and O–H groups in total. The normalized spacial score (nSPS) is 30.4. The second-order valence-electron chi connectivity index (χ2n) is 9.85. The maximum atomic E-state index is 13.3. The second kappa shape index (κ2) is 11.0. The minimum absolute atomic E-state index is 0.117. The SMILES string of the molecule is O=c1cc(-c2ccc(O)c(O)c2)oc2c([C@H]3OC[C@H](O)C[C@@H]3O)c(O)c(O[C@H]3O[C@H](CO)[C@@H](O)[C@@H](O)[C@H]3O)c(O)c12. The minimum Gasteiger partial charge on any atom is -0.504 e. The molecule has 1 aromatic heterocycles. The van der Waals surface area contributed by atoms with Gasteiger partial charge >= 0.3 is 0 Å². The molecule has 3 aromatic rings. The van der Waals surface area contributed by atoms with Gasteiger partial charge in [0.2, 0.25) is 12.0 Å². The van der Waals surface area contributed by atoms with Crippen molar-refractivity contribution < 1.29 is 69.7 Å². The van der Waals surface area contributed by atoms with Gasteiger partial charge in [0.1, 0.15) is 41.7 Å². The first kappa shape index (κ1) is 28.8. The maximum absolute atomic E-state index is 13.3. The molecule has 222 valence electrons. The number of rotatable bonds is 5. The lowest BCUT2D eigenvalue weighted by atomic mass is 9.93. The van der Waals surface area contributed by atoms with Crippen LogP contribution in [0.25, 0.3) is 22.3 Å². The lowest BCUT2D eigenvalue weighted by molar-refractivity contribution is -0.277. The summed E-state index contributed by atoms with van der Waals surface area (Å²) < 4.78 is 22.2. The van der Waals surface area contributed by atoms with Crippen molar-refractivity contribution in [3.63, 3.8) is 0 Å². The zero-order valence-electron chi connectivity index (χ0n) is 21.1. The van der Waals surface area contributed by atoms with Gasteiger partial charge in [-0.05, 0) is 18.2 Å². The fourth-order valence-electron chi connectivity index (χ4n) is 4.91. The van der Waals surface area contributed by atoms with Crippen molar-refractivity contribution in [1.82, 2.24) is 0 Å². The zero-order chi connectivity index (χ0) is 29.7. The molecule has 0 saturated carbocycles. The fourth-order valence-corrected chi connectivity index (χ4v) is 4.91. The van der Waals surface area contributed by atoms with E-state index in [9.17, 15) is 55.9 Å². The Kier molecular flexibility index (Phi) is 7.71. The number of aliphatic hydroxyl groups is 6. The van der Waals surface area contributed by atoms with Crippen molar-refractivity contribution in [2.75, 3.05) is 13.2 Å². The number of benzene rings is 2. The largest absolute Gasteiger partial charge is 0.504 e. The van der Waals surface area contributed by atoms with Gasteiger partial charge < -0.3 is 69.7 Å². The quantitative estimate of drug-likeness (QED) is 0.156. The van der Waals surface area contributed by atoms with Crippen molar-refractivity contribution >= 4 is 11.0 Å². The maximum Gasteiger partial charge on any atom is 0.229 e. The highest BCUT2D eigenvalue weighted by atomic mass is 16.7. The molecule has 0 bridgehead atoms. The molecule has 0 radical (unpaired) electrons. The van der Waals surface area contributed by atoms with E-state index in [1.165, 1.54) is 6.07 Å². The number of hydrogen-bond acceptors (Lipinski definition) is 15. The molecule has 0 unspecified atom stereocenters. The van der Waals surface area contributed by atoms with E-state index in [0.29, 0.717) is 0 Å². The first-order chi connectivity index (χ1) is 19.4. The standard InChI is InChI=1S/C26H28O15/c27-6-15-18(33)21(36)22(37)26(40-15)41-25-19(34)16-12(31)5-14(8-1-2-10(29)11(30)3-8)39-24(16)17(20(25)35)23-13(32)4-9(28)7-38-23/h1-3,5,9,13,15,18,21-23,26-30,32-37H,4,6-7H2/t9-,13+,15-,18-,21-,22-,23+,26-/m1/s1. The summed E-state index contributed by atoms with van der Waals surface area (Å²) in [6.45, 7) is -1.09. The molecule has 3 heterocycles. The summed E-state index contributed by atoms with van der Waals surface area (Å²) >= 11 is 0. The van der Waals surface area contributed by atoms with Gasteiger partial charge in [0.15, 0.2) is 34.0 Å². The van der Waals surface area contributed by atoms with E-state index in [2.05, 4.69) is 0 Å². The third kappa shape index (κ3) is 5.02. The molecule has 0 aliphatic carbocycles. The molecule has 41 heavy (non-hydrogen) atoms. The van der Waals surface area contributed by atoms with Gasteiger partial charge in [0, 0.05) is 18.1 Å². The molecule has 0 amide bonds. The highest BCUT2D eigenvalue weighted by Gasteiger charge is 2.46. The van der Waals surface area contributed by atoms with Crippen LogP contribution >= 0.6 is 0 Å². The minimum atomic E-state index is -1.95. The average Bonchev–Trinajstić information content (AvgIpc) is 2.93. The van der Waals surface area contributed by atoms with Crippen LogP contribution in [0.1, 0.15) is 18.1 Å². The Hall–Kier alpha value is -3.67. The van der Waals surface area contributed by atoms with E-state index in [-0.39, 0.29) is 24.4 Å². The number of phenolic OH excluding ortho intramolecular Hbond substituents is 4. The van der Waals surface area contributed by atoms with Crippen LogP contribution in [0.4, 0.5) is 0 Å². The predicted molar refractivity (Wildman–Crippen MR) is 134 cm³/mol. The Labute approximate surface area is 229 Å². The molecular weight excluding hydrogens is 552 g/mol. The average molecular weight is 580 g/mol. The highest BCUT2D eigenvalue weighted by Crippen LogP contribution is 2.50. The lowest BCUT2D eigenvalue weighted by Gasteiger charge is -2.39. The Balaban J connectivity index is 1.71. The second-order valence-corrected chi connectivity index (χ2v) is 9.85. The molecule has 15 heteroatoms. The van der Waals surface area contributed by atoms with Crippen molar-refractivity contribution in [3.05, 3.63) is 40.1 Å². The Morgan fingerprint density at radius 3 is 2.29 bits per heavy atom. The number of phenols is 4. The summed E-state index contributed by atoms with van der Waals surface area (Å²) in [4.78, 5) is 13.3. The van der Waals surface area contributed by atoms with Crippen molar-refractivity contribution in [2.45, 2.75) is 55.4 Å². The molecule has 15 nitrogen and oxygen atoms in total. The van der Waals surface area contributed by atoms with Crippen LogP contribution in [-0.4, -0.2) is 107 Å². The predicted octanol–water partition coefficient (Wildman–Crippen LogP) is -1.36. The third-order valence-electron chi connectivity index (χ3n) is 7.07. The first-order valence-electron chi connectivity index (χ1n) is 12.5. The third-order valence-corrected chi connectivity index (χ3v) is 7.07. The topological polar surface area (TPSA) is 260 Å². The van der Waals surface area contributed by atoms with Gasteiger partial charge in [0.05, 0.1) is 31.0 Å². The van der Waals surface area contributed by atoms with Gasteiger partial charge in [-0.2, -0.15) is 0 Å². The summed E-state index contributed by atoms with van der Waals surface area (Å²) in [5.41, 5.74) is -1.63. The van der Waals surface area contributed by atoms with E-state index < -0.39 is 106 Å². The van der Waals surface area contributed by atoms with Crippen LogP contribution in [0.5, 0.6) is 28.7 Å². The van der Waals surface area contributed by atoms with Gasteiger partial charge in [-0.3, -0.25) is 4.79 Å². The van der Waals surface area contributed by atoms with Crippen LogP contribution in [0.3, 0.4) is 0 Å². The molecule has 2 fully saturated rings. The molecule has 8 atom stereocenters. The number of aromatic hydroxyl groups is 4. The van der Waals surface area contributed by atoms with Gasteiger partial charge in [-0.25, -0.2) is 0 Å². The Bertz CT molecular complexity index is 1500. The van der Waals surface area contributed by atoms with Gasteiger partial charge in [-0.15, -0.1) is 0 Å². The van der Waals surface area contributed by atoms with E-state index in [4.69, 9.17) is 18.6 Å². The summed E-state index contributed by atoms with van der Waals surface area (Å²) in [6.07, 6.45) is -13.0. The van der Waals surface area contributed by atoms with Crippen molar-refractivity contribution in [2.24, 2.45) is 0 Å². The van der Waals surface area contributed by atoms with Crippen LogP contribution in [-0.2, 0) is 9.47 Å². The monoisotopic (exact) mass is 580 g/mol. The van der Waals surface area contributed by atoms with Crippen molar-refractivity contribution in [3.8, 4) is 40.1 Å². The van der Waals surface area contributed by atoms with Crippen LogP contribution < -0.4 is 10.2 Å². The van der Waals surface area contributed by atoms with E-state index in [0.717, 1.165) is 18.2 Å². The summed E-state index contributed by atoms with van der Waals surface area (Å²) in [5.74, 6) is -3.91. The van der Waals surface area contributed by atoms with Gasteiger partial charge in [-0.1, -0.05) is 0 Å². The summed E-state index contributed by atoms with van der Waals surface area (Å²) in [7, 11) is 0. The van der Waals surface area contributed by atoms with E-state index in [1.807, 2.05) is 0 Å². The highest BCUT2D eigenvalue weighted by molar-refractivity contribution is 5.93. The zero-order valence-corrected chi connectivity index (χ0v) is 21.1. The molecular formula is C26H28O15. The van der Waals surface area contributed by atoms with E-state index in [1.54, 1.807) is 0 Å². The molecule has 5 rings (SSSR count). The smallest absolute Gasteiger partial charge is 0.229 e. The van der Waals surface area contributed by atoms with Gasteiger partial charge in [0.25, 0.3) is 0 Å². The van der Waals surface area contributed by atoms with E-state index >= 15 is 0 Å². The Morgan fingerprint density at radius 2 is 1.63 bits per heavy atom. The molecule has 2 aliphatic rings. The van der Waals surface area contributed by atoms with Crippen LogP contribution in [0.2, 0.25) is 0 Å². The van der Waals surface area contributed by atoms with Crippen molar-refractivity contribution in [1.29, 1.82) is 0 Å². The number of aliphatic hydroxyl groups excluding tert-OH is 6. The lowest BCUT2D eigenvalue weighted by Crippen LogP contribution is -2.60. The summed E-state index contributed by atoms with van der Waals surface area (Å²) in [6, 6.07) is 4.49. The number of hydrogen-bond donors (Lipinski definition) is 10. The van der Waals surface area contributed by atoms with Crippen LogP contribution in [0, 0.1) is 0 Å². The fraction of sp³-hybridized carbons (Fsp3) is 0.423. The molecule has 2 aromatic carbocycles. The summed E-state index contributed by atoms with van der Waals surface area (Å²) in [5, 5.41) is 102. The molecule has 0 spiro atoms. The Morgan fingerprint density at radius 1 is 0.902 bits per heavy atom. The number of ether oxygens (including phenoxy) is 3. The molecule has 2 aliphatic heterocycles. The first-order valence-corrected chi connectivity index (χ1v) is 12.5. The van der Waals surface area contributed by atoms with Crippen LogP contribution in [0.15, 0.2) is 33.5 Å². The molecule has 2 saturated heterocycles.